The van der Waals surface area contributed by atoms with Crippen molar-refractivity contribution in [2.75, 3.05) is 19.1 Å². The molecule has 0 radical (unpaired) electrons. The maximum Gasteiger partial charge on any atom is 0.185 e. The Balaban J connectivity index is 4.21. The number of nitrogens with one attached hydrogen (secondary N) is 2. The van der Waals surface area contributed by atoms with Gasteiger partial charge < -0.3 is 10.6 Å². The molecule has 0 aliphatic rings. The monoisotopic (exact) mass is 304 g/mol. The summed E-state index contributed by atoms with van der Waals surface area (Å²) in [6.45, 7) is 13.9. The first-order chi connectivity index (χ1) is 8.92. The SMILES string of the molecule is C[SH](C)C(=O)C(CCCCNC(C)(C)C)NC(C)(C)C. The molecule has 0 aliphatic carbocycles. The van der Waals surface area contributed by atoms with Crippen LogP contribution in [0.5, 0.6) is 0 Å². The van der Waals surface area contributed by atoms with Crippen molar-refractivity contribution in [1.82, 2.24) is 10.6 Å². The van der Waals surface area contributed by atoms with E-state index in [0.29, 0.717) is 5.12 Å². The van der Waals surface area contributed by atoms with Crippen molar-refractivity contribution in [3.8, 4) is 0 Å². The minimum absolute atomic E-state index is 0.00463. The Morgan fingerprint density at radius 1 is 1.00 bits per heavy atom. The maximum atomic E-state index is 12.3. The van der Waals surface area contributed by atoms with Crippen LogP contribution in [0.25, 0.3) is 0 Å². The fraction of sp³-hybridized carbons (Fsp3) is 0.938. The van der Waals surface area contributed by atoms with Gasteiger partial charge in [0.1, 0.15) is 0 Å². The molecule has 1 unspecified atom stereocenters. The Bertz CT molecular complexity index is 290. The Kier molecular flexibility index (Phi) is 8.37. The highest BCUT2D eigenvalue weighted by atomic mass is 32.2. The van der Waals surface area contributed by atoms with Crippen LogP contribution in [-0.4, -0.2) is 41.3 Å². The predicted octanol–water partition coefficient (Wildman–Crippen LogP) is 3.09. The lowest BCUT2D eigenvalue weighted by Gasteiger charge is -2.29. The highest BCUT2D eigenvalue weighted by Crippen LogP contribution is 2.21. The average molecular weight is 305 g/mol. The third kappa shape index (κ3) is 10.7. The quantitative estimate of drug-likeness (QED) is 0.500. The van der Waals surface area contributed by atoms with Crippen molar-refractivity contribution in [3.05, 3.63) is 0 Å². The van der Waals surface area contributed by atoms with E-state index >= 15 is 0 Å². The molecule has 0 rings (SSSR count). The van der Waals surface area contributed by atoms with E-state index < -0.39 is 10.9 Å². The first kappa shape index (κ1) is 19.9. The lowest BCUT2D eigenvalue weighted by molar-refractivity contribution is -0.113. The van der Waals surface area contributed by atoms with Crippen LogP contribution < -0.4 is 10.6 Å². The molecule has 0 aromatic rings. The van der Waals surface area contributed by atoms with Crippen molar-refractivity contribution in [1.29, 1.82) is 0 Å². The number of rotatable bonds is 7. The molecule has 0 spiro atoms. The van der Waals surface area contributed by atoms with Crippen molar-refractivity contribution in [3.63, 3.8) is 0 Å². The van der Waals surface area contributed by atoms with Crippen LogP contribution in [0.2, 0.25) is 0 Å². The van der Waals surface area contributed by atoms with Gasteiger partial charge in [0.25, 0.3) is 0 Å². The Morgan fingerprint density at radius 2 is 1.55 bits per heavy atom. The zero-order chi connectivity index (χ0) is 16.0. The van der Waals surface area contributed by atoms with Crippen LogP contribution in [0.1, 0.15) is 60.8 Å². The second-order valence-corrected chi connectivity index (χ2v) is 10.1. The number of carbonyl (C=O) groups is 1. The molecular formula is C16H36N2OS. The average Bonchev–Trinajstić information content (AvgIpc) is 2.22. The van der Waals surface area contributed by atoms with Gasteiger partial charge in [-0.1, -0.05) is 6.42 Å². The van der Waals surface area contributed by atoms with Crippen molar-refractivity contribution in [2.24, 2.45) is 0 Å². The van der Waals surface area contributed by atoms with Crippen LogP contribution in [0.4, 0.5) is 0 Å². The summed E-state index contributed by atoms with van der Waals surface area (Å²) in [5.41, 5.74) is 0.176. The van der Waals surface area contributed by atoms with Crippen molar-refractivity contribution >= 4 is 16.0 Å². The summed E-state index contributed by atoms with van der Waals surface area (Å²) in [5, 5.41) is 7.39. The molecule has 0 heterocycles. The van der Waals surface area contributed by atoms with Gasteiger partial charge in [0, 0.05) is 11.1 Å². The lowest BCUT2D eigenvalue weighted by Crippen LogP contribution is -2.47. The summed E-state index contributed by atoms with van der Waals surface area (Å²) in [5.74, 6) is 0. The van der Waals surface area contributed by atoms with Crippen LogP contribution in [0.3, 0.4) is 0 Å². The van der Waals surface area contributed by atoms with E-state index in [4.69, 9.17) is 0 Å². The minimum Gasteiger partial charge on any atom is -0.312 e. The van der Waals surface area contributed by atoms with Crippen LogP contribution in [-0.2, 0) is 4.79 Å². The van der Waals surface area contributed by atoms with Gasteiger partial charge in [-0.2, -0.15) is 10.9 Å². The van der Waals surface area contributed by atoms with Gasteiger partial charge in [0.15, 0.2) is 5.12 Å². The van der Waals surface area contributed by atoms with Crippen molar-refractivity contribution < 1.29 is 4.79 Å². The number of hydrogen-bond donors (Lipinski definition) is 3. The van der Waals surface area contributed by atoms with E-state index in [9.17, 15) is 4.79 Å². The van der Waals surface area contributed by atoms with E-state index in [0.717, 1.165) is 25.8 Å². The molecule has 122 valence electrons. The standard InChI is InChI=1S/C16H36N2OS/c1-15(2,3)17-12-10-9-11-13(14(19)20(7)8)18-16(4,5)6/h13,17-18,20H,9-12H2,1-8H3. The normalized spacial score (nSPS) is 15.1. The first-order valence-corrected chi connectivity index (χ1v) is 9.90. The summed E-state index contributed by atoms with van der Waals surface area (Å²) in [4.78, 5) is 12.3. The Labute approximate surface area is 129 Å². The fourth-order valence-corrected chi connectivity index (χ4v) is 2.85. The largest absolute Gasteiger partial charge is 0.312 e. The predicted molar refractivity (Wildman–Crippen MR) is 94.1 cm³/mol. The number of thiol groups is 1. The van der Waals surface area contributed by atoms with Gasteiger partial charge in [0.2, 0.25) is 0 Å². The van der Waals surface area contributed by atoms with Gasteiger partial charge in [-0.15, -0.1) is 0 Å². The van der Waals surface area contributed by atoms with Gasteiger partial charge in [-0.25, -0.2) is 0 Å². The number of hydrogen-bond acceptors (Lipinski definition) is 3. The molecule has 0 aromatic heterocycles. The third-order valence-electron chi connectivity index (χ3n) is 2.92. The molecule has 0 amide bonds. The molecule has 0 aliphatic heterocycles. The van der Waals surface area contributed by atoms with Gasteiger partial charge >= 0.3 is 0 Å². The third-order valence-corrected chi connectivity index (χ3v) is 4.11. The van der Waals surface area contributed by atoms with E-state index in [-0.39, 0.29) is 17.1 Å². The molecule has 0 saturated carbocycles. The van der Waals surface area contributed by atoms with Crippen LogP contribution >= 0.6 is 10.9 Å². The molecule has 20 heavy (non-hydrogen) atoms. The zero-order valence-corrected chi connectivity index (χ0v) is 15.7. The summed E-state index contributed by atoms with van der Waals surface area (Å²) < 4.78 is 0. The van der Waals surface area contributed by atoms with Crippen LogP contribution in [0, 0.1) is 0 Å². The second-order valence-electron chi connectivity index (χ2n) is 7.85. The van der Waals surface area contributed by atoms with E-state index in [2.05, 4.69) is 64.7 Å². The Hall–Kier alpha value is -0.0600. The highest BCUT2D eigenvalue weighted by Gasteiger charge is 2.24. The summed E-state index contributed by atoms with van der Waals surface area (Å²) >= 11 is 0. The topological polar surface area (TPSA) is 41.1 Å². The highest BCUT2D eigenvalue weighted by molar-refractivity contribution is 8.28. The van der Waals surface area contributed by atoms with E-state index in [1.807, 2.05) is 0 Å². The summed E-state index contributed by atoms with van der Waals surface area (Å²) in [7, 11) is -0.514. The van der Waals surface area contributed by atoms with E-state index in [1.165, 1.54) is 0 Å². The molecule has 0 aromatic carbocycles. The smallest absolute Gasteiger partial charge is 0.185 e. The first-order valence-electron chi connectivity index (χ1n) is 7.66. The van der Waals surface area contributed by atoms with Crippen molar-refractivity contribution in [2.45, 2.75) is 77.9 Å². The van der Waals surface area contributed by atoms with E-state index in [1.54, 1.807) is 0 Å². The fourth-order valence-electron chi connectivity index (χ4n) is 2.03. The maximum absolute atomic E-state index is 12.3. The molecule has 0 fully saturated rings. The molecule has 2 N–H and O–H groups in total. The lowest BCUT2D eigenvalue weighted by atomic mass is 10.0. The molecule has 1 atom stereocenters. The molecule has 4 heteroatoms. The summed E-state index contributed by atoms with van der Waals surface area (Å²) in [6, 6.07) is 0.0192. The number of carbonyl (C=O) groups excluding carboxylic acids is 1. The molecule has 0 saturated heterocycles. The van der Waals surface area contributed by atoms with Gasteiger partial charge in [-0.3, -0.25) is 4.79 Å². The molecular weight excluding hydrogens is 268 g/mol. The molecule has 3 nitrogen and oxygen atoms in total. The Morgan fingerprint density at radius 3 is 1.95 bits per heavy atom. The van der Waals surface area contributed by atoms with Gasteiger partial charge in [-0.05, 0) is 73.4 Å². The summed E-state index contributed by atoms with van der Waals surface area (Å²) in [6.07, 6.45) is 7.26. The zero-order valence-electron chi connectivity index (χ0n) is 14.8. The van der Waals surface area contributed by atoms with Gasteiger partial charge in [0.05, 0.1) is 6.04 Å². The second kappa shape index (κ2) is 8.40. The number of unbranched alkanes of at least 4 members (excludes halogenated alkanes) is 1. The van der Waals surface area contributed by atoms with Crippen LogP contribution in [0.15, 0.2) is 0 Å². The molecule has 0 bridgehead atoms. The minimum atomic E-state index is -0.514.